The van der Waals surface area contributed by atoms with Gasteiger partial charge in [-0.2, -0.15) is 5.26 Å². The second-order valence-corrected chi connectivity index (χ2v) is 4.40. The van der Waals surface area contributed by atoms with Crippen LogP contribution < -0.4 is 0 Å². The fraction of sp³-hybridized carbons (Fsp3) is 0.273. The zero-order chi connectivity index (χ0) is 11.3. The summed E-state index contributed by atoms with van der Waals surface area (Å²) in [6.07, 6.45) is 5.31. The minimum Gasteiger partial charge on any atom is -0.254 e. The van der Waals surface area contributed by atoms with Gasteiger partial charge in [-0.15, -0.1) is 11.8 Å². The van der Waals surface area contributed by atoms with Gasteiger partial charge in [-0.05, 0) is 18.8 Å². The molecule has 0 aliphatic carbocycles. The Bertz CT molecular complexity index is 421. The first-order chi connectivity index (χ1) is 7.24. The number of halogens is 1. The van der Waals surface area contributed by atoms with Gasteiger partial charge in [-0.1, -0.05) is 24.6 Å². The molecule has 0 radical (unpaired) electrons. The van der Waals surface area contributed by atoms with E-state index in [1.165, 1.54) is 6.20 Å². The second kappa shape index (κ2) is 5.79. The van der Waals surface area contributed by atoms with Gasteiger partial charge in [0.2, 0.25) is 0 Å². The van der Waals surface area contributed by atoms with Crippen molar-refractivity contribution < 1.29 is 0 Å². The van der Waals surface area contributed by atoms with Crippen molar-refractivity contribution in [3.05, 3.63) is 28.6 Å². The van der Waals surface area contributed by atoms with Crippen LogP contribution in [-0.2, 0) is 0 Å². The maximum atomic E-state index is 8.83. The average molecular weight is 239 g/mol. The molecule has 0 aliphatic rings. The molecular weight excluding hydrogens is 228 g/mol. The molecule has 1 aromatic rings. The Labute approximate surface area is 99.0 Å². The fourth-order valence-electron chi connectivity index (χ4n) is 1.12. The summed E-state index contributed by atoms with van der Waals surface area (Å²) < 4.78 is 0. The Morgan fingerprint density at radius 2 is 2.40 bits per heavy atom. The van der Waals surface area contributed by atoms with Crippen molar-refractivity contribution in [3.63, 3.8) is 0 Å². The number of allylic oxidation sites excluding steroid dienone is 1. The smallest absolute Gasteiger partial charge is 0.102 e. The Balaban J connectivity index is 3.31. The van der Waals surface area contributed by atoms with E-state index >= 15 is 0 Å². The van der Waals surface area contributed by atoms with Gasteiger partial charge in [0.15, 0.2) is 0 Å². The Kier molecular flexibility index (Phi) is 4.67. The number of rotatable bonds is 3. The number of hydrogen-bond donors (Lipinski definition) is 0. The fourth-order valence-corrected chi connectivity index (χ4v) is 2.27. The van der Waals surface area contributed by atoms with Crippen LogP contribution in [0.15, 0.2) is 17.2 Å². The SMILES string of the molecule is C/C=C/c1ncc(C#N)c(Cl)c1SCC. The van der Waals surface area contributed by atoms with Crippen molar-refractivity contribution in [2.75, 3.05) is 5.75 Å². The minimum atomic E-state index is 0.431. The average Bonchev–Trinajstić information content (AvgIpc) is 2.24. The molecule has 78 valence electrons. The van der Waals surface area contributed by atoms with Crippen LogP contribution in [0.4, 0.5) is 0 Å². The quantitative estimate of drug-likeness (QED) is 0.753. The van der Waals surface area contributed by atoms with Gasteiger partial charge in [0.1, 0.15) is 6.07 Å². The molecule has 1 rings (SSSR count). The van der Waals surface area contributed by atoms with Crippen LogP contribution in [0, 0.1) is 11.3 Å². The lowest BCUT2D eigenvalue weighted by Crippen LogP contribution is -1.91. The molecule has 0 saturated carbocycles. The molecule has 0 atom stereocenters. The van der Waals surface area contributed by atoms with Gasteiger partial charge >= 0.3 is 0 Å². The lowest BCUT2D eigenvalue weighted by molar-refractivity contribution is 1.18. The third-order valence-electron chi connectivity index (χ3n) is 1.73. The maximum Gasteiger partial charge on any atom is 0.102 e. The summed E-state index contributed by atoms with van der Waals surface area (Å²) in [5.74, 6) is 0.904. The normalized spacial score (nSPS) is 10.5. The van der Waals surface area contributed by atoms with E-state index in [0.717, 1.165) is 16.3 Å². The minimum absolute atomic E-state index is 0.431. The lowest BCUT2D eigenvalue weighted by atomic mass is 10.2. The molecule has 0 bridgehead atoms. The largest absolute Gasteiger partial charge is 0.254 e. The van der Waals surface area contributed by atoms with Crippen molar-refractivity contribution in [1.82, 2.24) is 4.98 Å². The van der Waals surface area contributed by atoms with Crippen molar-refractivity contribution in [1.29, 1.82) is 5.26 Å². The van der Waals surface area contributed by atoms with E-state index in [0.29, 0.717) is 10.6 Å². The third-order valence-corrected chi connectivity index (χ3v) is 3.23. The summed E-state index contributed by atoms with van der Waals surface area (Å²) in [5.41, 5.74) is 1.26. The highest BCUT2D eigenvalue weighted by Crippen LogP contribution is 2.32. The predicted molar refractivity (Wildman–Crippen MR) is 65.1 cm³/mol. The molecule has 4 heteroatoms. The van der Waals surface area contributed by atoms with Crippen LogP contribution in [0.3, 0.4) is 0 Å². The Morgan fingerprint density at radius 1 is 1.67 bits per heavy atom. The Hall–Kier alpha value is -0.980. The number of nitriles is 1. The summed E-state index contributed by atoms with van der Waals surface area (Å²) in [4.78, 5) is 5.09. The number of thioether (sulfide) groups is 1. The Morgan fingerprint density at radius 3 is 2.93 bits per heavy atom. The van der Waals surface area contributed by atoms with E-state index in [9.17, 15) is 0 Å². The van der Waals surface area contributed by atoms with E-state index < -0.39 is 0 Å². The third kappa shape index (κ3) is 2.74. The van der Waals surface area contributed by atoms with E-state index in [1.807, 2.05) is 32.1 Å². The summed E-state index contributed by atoms with van der Waals surface area (Å²) in [5, 5.41) is 9.34. The van der Waals surface area contributed by atoms with Crippen LogP contribution >= 0.6 is 23.4 Å². The summed E-state index contributed by atoms with van der Waals surface area (Å²) in [7, 11) is 0. The number of aromatic nitrogens is 1. The molecule has 0 fully saturated rings. The number of hydrogen-bond acceptors (Lipinski definition) is 3. The maximum absolute atomic E-state index is 8.83. The first-order valence-corrected chi connectivity index (χ1v) is 5.95. The zero-order valence-corrected chi connectivity index (χ0v) is 10.2. The molecule has 0 saturated heterocycles. The summed E-state index contributed by atoms with van der Waals surface area (Å²) >= 11 is 7.71. The highest BCUT2D eigenvalue weighted by atomic mass is 35.5. The highest BCUT2D eigenvalue weighted by Gasteiger charge is 2.11. The molecule has 0 unspecified atom stereocenters. The van der Waals surface area contributed by atoms with Gasteiger partial charge < -0.3 is 0 Å². The summed E-state index contributed by atoms with van der Waals surface area (Å²) in [6, 6.07) is 2.03. The van der Waals surface area contributed by atoms with Gasteiger partial charge in [0.25, 0.3) is 0 Å². The van der Waals surface area contributed by atoms with Crippen LogP contribution in [-0.4, -0.2) is 10.7 Å². The van der Waals surface area contributed by atoms with Gasteiger partial charge in [-0.25, -0.2) is 0 Å². The summed E-state index contributed by atoms with van der Waals surface area (Å²) in [6.45, 7) is 3.97. The zero-order valence-electron chi connectivity index (χ0n) is 8.62. The first kappa shape index (κ1) is 12.1. The van der Waals surface area contributed by atoms with E-state index in [4.69, 9.17) is 16.9 Å². The van der Waals surface area contributed by atoms with E-state index in [-0.39, 0.29) is 0 Å². The van der Waals surface area contributed by atoms with Crippen molar-refractivity contribution >= 4 is 29.4 Å². The molecule has 0 aromatic carbocycles. The monoisotopic (exact) mass is 238 g/mol. The molecule has 0 amide bonds. The van der Waals surface area contributed by atoms with Crippen LogP contribution in [0.1, 0.15) is 25.1 Å². The van der Waals surface area contributed by atoms with Gasteiger partial charge in [-0.3, -0.25) is 4.98 Å². The van der Waals surface area contributed by atoms with Gasteiger partial charge in [0.05, 0.1) is 21.2 Å². The number of nitrogens with zero attached hydrogens (tertiary/aromatic N) is 2. The molecule has 0 spiro atoms. The van der Waals surface area contributed by atoms with Crippen LogP contribution in [0.2, 0.25) is 5.02 Å². The predicted octanol–water partition coefficient (Wildman–Crippen LogP) is 3.75. The standard InChI is InChI=1S/C11H11ClN2S/c1-3-5-9-11(15-4-2)10(12)8(6-13)7-14-9/h3,5,7H,4H2,1-2H3/b5-3+. The first-order valence-electron chi connectivity index (χ1n) is 4.58. The van der Waals surface area contributed by atoms with E-state index in [1.54, 1.807) is 11.8 Å². The highest BCUT2D eigenvalue weighted by molar-refractivity contribution is 7.99. The van der Waals surface area contributed by atoms with Crippen molar-refractivity contribution in [2.24, 2.45) is 0 Å². The molecule has 1 aromatic heterocycles. The van der Waals surface area contributed by atoms with Crippen molar-refractivity contribution in [3.8, 4) is 6.07 Å². The van der Waals surface area contributed by atoms with E-state index in [2.05, 4.69) is 4.98 Å². The molecule has 15 heavy (non-hydrogen) atoms. The van der Waals surface area contributed by atoms with Gasteiger partial charge in [0, 0.05) is 6.20 Å². The van der Waals surface area contributed by atoms with Crippen LogP contribution in [0.25, 0.3) is 6.08 Å². The second-order valence-electron chi connectivity index (χ2n) is 2.75. The number of pyridine rings is 1. The van der Waals surface area contributed by atoms with Crippen LogP contribution in [0.5, 0.6) is 0 Å². The molecule has 0 N–H and O–H groups in total. The molecular formula is C11H11ClN2S. The molecule has 1 heterocycles. The molecule has 0 aliphatic heterocycles. The van der Waals surface area contributed by atoms with Crippen molar-refractivity contribution in [2.45, 2.75) is 18.7 Å². The topological polar surface area (TPSA) is 36.7 Å². The molecule has 2 nitrogen and oxygen atoms in total. The lowest BCUT2D eigenvalue weighted by Gasteiger charge is -2.06.